The fourth-order valence-corrected chi connectivity index (χ4v) is 1.35. The van der Waals surface area contributed by atoms with E-state index in [9.17, 15) is 4.79 Å². The fraction of sp³-hybridized carbons (Fsp3) is 0.300. The van der Waals surface area contributed by atoms with Crippen LogP contribution < -0.4 is 11.5 Å². The van der Waals surface area contributed by atoms with Crippen molar-refractivity contribution in [3.63, 3.8) is 0 Å². The SMILES string of the molecule is CC(C)(N)c1ccc2[nH]c(=O)oc2c1. The van der Waals surface area contributed by atoms with Crippen molar-refractivity contribution >= 4 is 11.1 Å². The van der Waals surface area contributed by atoms with E-state index in [1.165, 1.54) is 0 Å². The Morgan fingerprint density at radius 2 is 2.14 bits per heavy atom. The summed E-state index contributed by atoms with van der Waals surface area (Å²) >= 11 is 0. The van der Waals surface area contributed by atoms with E-state index < -0.39 is 11.3 Å². The van der Waals surface area contributed by atoms with Crippen molar-refractivity contribution in [3.8, 4) is 0 Å². The summed E-state index contributed by atoms with van der Waals surface area (Å²) in [7, 11) is 0. The lowest BCUT2D eigenvalue weighted by molar-refractivity contribution is 0.541. The third-order valence-corrected chi connectivity index (χ3v) is 2.17. The second-order valence-electron chi connectivity index (χ2n) is 3.95. The lowest BCUT2D eigenvalue weighted by Gasteiger charge is -2.18. The highest BCUT2D eigenvalue weighted by Crippen LogP contribution is 2.20. The van der Waals surface area contributed by atoms with Gasteiger partial charge in [0.2, 0.25) is 0 Å². The summed E-state index contributed by atoms with van der Waals surface area (Å²) in [5.74, 6) is -0.438. The lowest BCUT2D eigenvalue weighted by atomic mass is 9.96. The van der Waals surface area contributed by atoms with E-state index in [-0.39, 0.29) is 0 Å². The second kappa shape index (κ2) is 2.72. The van der Waals surface area contributed by atoms with Crippen LogP contribution >= 0.6 is 0 Å². The molecular weight excluding hydrogens is 180 g/mol. The average Bonchev–Trinajstić information content (AvgIpc) is 2.41. The molecule has 2 rings (SSSR count). The van der Waals surface area contributed by atoms with Gasteiger partial charge in [0.15, 0.2) is 5.58 Å². The topological polar surface area (TPSA) is 72.0 Å². The summed E-state index contributed by atoms with van der Waals surface area (Å²) in [6.07, 6.45) is 0. The van der Waals surface area contributed by atoms with Crippen molar-refractivity contribution in [3.05, 3.63) is 34.3 Å². The third kappa shape index (κ3) is 1.44. The standard InChI is InChI=1S/C10H12N2O2/c1-10(2,11)6-3-4-7-8(5-6)14-9(13)12-7/h3-5H,11H2,1-2H3,(H,12,13). The molecule has 74 valence electrons. The first-order valence-electron chi connectivity index (χ1n) is 4.39. The number of benzene rings is 1. The van der Waals surface area contributed by atoms with Crippen LogP contribution in [0.2, 0.25) is 0 Å². The number of nitrogens with one attached hydrogen (secondary N) is 1. The van der Waals surface area contributed by atoms with Crippen LogP contribution in [0.1, 0.15) is 19.4 Å². The molecule has 0 saturated carbocycles. The van der Waals surface area contributed by atoms with E-state index in [0.717, 1.165) is 5.56 Å². The number of H-pyrrole nitrogens is 1. The van der Waals surface area contributed by atoms with Crippen molar-refractivity contribution in [1.29, 1.82) is 0 Å². The maximum atomic E-state index is 10.9. The maximum Gasteiger partial charge on any atom is 0.417 e. The molecule has 0 unspecified atom stereocenters. The van der Waals surface area contributed by atoms with Gasteiger partial charge in [-0.25, -0.2) is 4.79 Å². The predicted molar refractivity (Wildman–Crippen MR) is 54.0 cm³/mol. The molecule has 0 radical (unpaired) electrons. The van der Waals surface area contributed by atoms with Gasteiger partial charge >= 0.3 is 5.76 Å². The Balaban J connectivity index is 2.67. The molecule has 0 saturated heterocycles. The van der Waals surface area contributed by atoms with Crippen LogP contribution in [0.3, 0.4) is 0 Å². The van der Waals surface area contributed by atoms with Gasteiger partial charge in [0, 0.05) is 5.54 Å². The minimum absolute atomic E-state index is 0.427. The number of oxazole rings is 1. The van der Waals surface area contributed by atoms with Crippen LogP contribution in [0.25, 0.3) is 11.1 Å². The molecule has 4 nitrogen and oxygen atoms in total. The predicted octanol–water partition coefficient (Wildman–Crippen LogP) is 1.31. The molecule has 4 heteroatoms. The lowest BCUT2D eigenvalue weighted by Crippen LogP contribution is -2.28. The maximum absolute atomic E-state index is 10.9. The molecular formula is C10H12N2O2. The summed E-state index contributed by atoms with van der Waals surface area (Å²) in [6, 6.07) is 5.46. The Hall–Kier alpha value is -1.55. The van der Waals surface area contributed by atoms with Gasteiger partial charge in [0.05, 0.1) is 5.52 Å². The van der Waals surface area contributed by atoms with E-state index in [0.29, 0.717) is 11.1 Å². The highest BCUT2D eigenvalue weighted by atomic mass is 16.4. The number of nitrogens with two attached hydrogens (primary N) is 1. The molecule has 3 N–H and O–H groups in total. The molecule has 14 heavy (non-hydrogen) atoms. The number of aromatic nitrogens is 1. The quantitative estimate of drug-likeness (QED) is 0.715. The summed E-state index contributed by atoms with van der Waals surface area (Å²) < 4.78 is 4.94. The van der Waals surface area contributed by atoms with Crippen LogP contribution in [0, 0.1) is 0 Å². The van der Waals surface area contributed by atoms with Crippen LogP contribution in [-0.4, -0.2) is 4.98 Å². The molecule has 2 aromatic rings. The molecule has 0 aliphatic rings. The van der Waals surface area contributed by atoms with Crippen LogP contribution in [0.15, 0.2) is 27.4 Å². The molecule has 0 amide bonds. The monoisotopic (exact) mass is 192 g/mol. The number of hydrogen-bond acceptors (Lipinski definition) is 3. The minimum atomic E-state index is -0.438. The average molecular weight is 192 g/mol. The Labute approximate surface area is 80.7 Å². The molecule has 0 aliphatic heterocycles. The smallest absolute Gasteiger partial charge is 0.408 e. The first-order valence-corrected chi connectivity index (χ1v) is 4.39. The zero-order chi connectivity index (χ0) is 10.3. The van der Waals surface area contributed by atoms with Crippen molar-refractivity contribution in [2.24, 2.45) is 5.73 Å². The van der Waals surface area contributed by atoms with Crippen LogP contribution in [0.5, 0.6) is 0 Å². The van der Waals surface area contributed by atoms with Crippen molar-refractivity contribution in [2.75, 3.05) is 0 Å². The normalized spacial score (nSPS) is 12.2. The van der Waals surface area contributed by atoms with Gasteiger partial charge in [-0.2, -0.15) is 0 Å². The van der Waals surface area contributed by atoms with E-state index in [1.807, 2.05) is 19.9 Å². The van der Waals surface area contributed by atoms with Crippen LogP contribution in [0.4, 0.5) is 0 Å². The molecule has 0 atom stereocenters. The fourth-order valence-electron chi connectivity index (χ4n) is 1.35. The summed E-state index contributed by atoms with van der Waals surface area (Å²) in [5, 5.41) is 0. The Bertz CT molecular complexity index is 517. The van der Waals surface area contributed by atoms with E-state index >= 15 is 0 Å². The van der Waals surface area contributed by atoms with Crippen molar-refractivity contribution < 1.29 is 4.42 Å². The first-order chi connectivity index (χ1) is 6.47. The minimum Gasteiger partial charge on any atom is -0.408 e. The number of rotatable bonds is 1. The zero-order valence-corrected chi connectivity index (χ0v) is 8.13. The number of hydrogen-bond donors (Lipinski definition) is 2. The van der Waals surface area contributed by atoms with Gasteiger partial charge in [-0.1, -0.05) is 6.07 Å². The summed E-state index contributed by atoms with van der Waals surface area (Å²) in [4.78, 5) is 13.5. The Morgan fingerprint density at radius 1 is 1.43 bits per heavy atom. The third-order valence-electron chi connectivity index (χ3n) is 2.17. The van der Waals surface area contributed by atoms with E-state index in [2.05, 4.69) is 4.98 Å². The Morgan fingerprint density at radius 3 is 2.79 bits per heavy atom. The zero-order valence-electron chi connectivity index (χ0n) is 8.13. The van der Waals surface area contributed by atoms with Gasteiger partial charge in [-0.3, -0.25) is 4.98 Å². The van der Waals surface area contributed by atoms with Gasteiger partial charge in [-0.05, 0) is 31.5 Å². The second-order valence-corrected chi connectivity index (χ2v) is 3.95. The molecule has 1 aromatic carbocycles. The van der Waals surface area contributed by atoms with Gasteiger partial charge in [0.1, 0.15) is 0 Å². The van der Waals surface area contributed by atoms with Crippen molar-refractivity contribution in [1.82, 2.24) is 4.98 Å². The molecule has 0 spiro atoms. The largest absolute Gasteiger partial charge is 0.417 e. The number of fused-ring (bicyclic) bond motifs is 1. The molecule has 0 bridgehead atoms. The highest BCUT2D eigenvalue weighted by molar-refractivity contribution is 5.73. The van der Waals surface area contributed by atoms with Gasteiger partial charge < -0.3 is 10.2 Å². The van der Waals surface area contributed by atoms with Crippen LogP contribution in [-0.2, 0) is 5.54 Å². The molecule has 1 aromatic heterocycles. The molecule has 0 fully saturated rings. The molecule has 0 aliphatic carbocycles. The van der Waals surface area contributed by atoms with Crippen molar-refractivity contribution in [2.45, 2.75) is 19.4 Å². The first kappa shape index (κ1) is 9.02. The van der Waals surface area contributed by atoms with Gasteiger partial charge in [-0.15, -0.1) is 0 Å². The Kier molecular flexibility index (Phi) is 1.75. The van der Waals surface area contributed by atoms with E-state index in [1.54, 1.807) is 12.1 Å². The van der Waals surface area contributed by atoms with E-state index in [4.69, 9.17) is 10.2 Å². The molecule has 1 heterocycles. The summed E-state index contributed by atoms with van der Waals surface area (Å²) in [5.41, 5.74) is 7.68. The summed E-state index contributed by atoms with van der Waals surface area (Å²) in [6.45, 7) is 3.80. The van der Waals surface area contributed by atoms with Gasteiger partial charge in [0.25, 0.3) is 0 Å². The number of aromatic amines is 1. The highest BCUT2D eigenvalue weighted by Gasteiger charge is 2.15.